The monoisotopic (exact) mass is 212 g/mol. The van der Waals surface area contributed by atoms with Gasteiger partial charge in [-0.3, -0.25) is 4.79 Å². The van der Waals surface area contributed by atoms with Crippen molar-refractivity contribution in [2.75, 3.05) is 0 Å². The average Bonchev–Trinajstić information content (AvgIpc) is 2.10. The van der Waals surface area contributed by atoms with Gasteiger partial charge in [0.1, 0.15) is 5.78 Å². The van der Waals surface area contributed by atoms with Crippen molar-refractivity contribution < 1.29 is 10.0 Å². The summed E-state index contributed by atoms with van der Waals surface area (Å²) in [6.45, 7) is 7.76. The number of rotatable bonds is 3. The summed E-state index contributed by atoms with van der Waals surface area (Å²) in [7, 11) is 0. The van der Waals surface area contributed by atoms with Gasteiger partial charge in [0, 0.05) is 12.8 Å². The summed E-state index contributed by atoms with van der Waals surface area (Å²) in [6.07, 6.45) is 3.71. The first-order valence-electron chi connectivity index (χ1n) is 5.81. The van der Waals surface area contributed by atoms with Gasteiger partial charge in [-0.15, -0.1) is 10.3 Å². The number of hydrogen-bond donors (Lipinski definition) is 0. The molecule has 0 bridgehead atoms. The van der Waals surface area contributed by atoms with Crippen LogP contribution in [0.3, 0.4) is 0 Å². The van der Waals surface area contributed by atoms with E-state index in [4.69, 9.17) is 0 Å². The Bertz CT molecular complexity index is 250. The fourth-order valence-corrected chi connectivity index (χ4v) is 2.59. The summed E-state index contributed by atoms with van der Waals surface area (Å²) >= 11 is 0. The number of ketones is 1. The molecule has 0 saturated carbocycles. The minimum atomic E-state index is -0.530. The molecule has 1 atom stereocenters. The lowest BCUT2D eigenvalue weighted by Crippen LogP contribution is -2.59. The molecular weight excluding hydrogens is 190 g/mol. The van der Waals surface area contributed by atoms with Gasteiger partial charge in [-0.25, -0.2) is 0 Å². The molecule has 1 unspecified atom stereocenters. The molecule has 1 rings (SSSR count). The molecule has 0 aromatic carbocycles. The van der Waals surface area contributed by atoms with Crippen LogP contribution in [0.5, 0.6) is 0 Å². The van der Waals surface area contributed by atoms with E-state index in [9.17, 15) is 10.0 Å². The predicted octanol–water partition coefficient (Wildman–Crippen LogP) is 2.72. The van der Waals surface area contributed by atoms with Crippen molar-refractivity contribution in [1.82, 2.24) is 5.06 Å². The fourth-order valence-electron chi connectivity index (χ4n) is 2.59. The van der Waals surface area contributed by atoms with Crippen LogP contribution in [-0.2, 0) is 10.0 Å². The van der Waals surface area contributed by atoms with Crippen molar-refractivity contribution in [3.8, 4) is 0 Å². The van der Waals surface area contributed by atoms with E-state index in [1.807, 2.05) is 20.8 Å². The van der Waals surface area contributed by atoms with Gasteiger partial charge in [0.15, 0.2) is 0 Å². The van der Waals surface area contributed by atoms with Crippen LogP contribution in [0.1, 0.15) is 59.8 Å². The lowest BCUT2D eigenvalue weighted by Gasteiger charge is -2.47. The molecule has 1 aliphatic heterocycles. The maximum Gasteiger partial charge on any atom is 0.136 e. The van der Waals surface area contributed by atoms with Gasteiger partial charge >= 0.3 is 0 Å². The lowest BCUT2D eigenvalue weighted by molar-refractivity contribution is -0.286. The molecule has 0 amide bonds. The summed E-state index contributed by atoms with van der Waals surface area (Å²) < 4.78 is 0. The Kier molecular flexibility index (Phi) is 3.56. The minimum Gasteiger partial charge on any atom is -0.300 e. The van der Waals surface area contributed by atoms with Gasteiger partial charge in [-0.2, -0.15) is 0 Å². The largest absolute Gasteiger partial charge is 0.300 e. The highest BCUT2D eigenvalue weighted by Gasteiger charge is 2.47. The summed E-state index contributed by atoms with van der Waals surface area (Å²) in [5.41, 5.74) is -1.01. The van der Waals surface area contributed by atoms with E-state index in [2.05, 4.69) is 6.92 Å². The summed E-state index contributed by atoms with van der Waals surface area (Å²) in [5.74, 6) is 0.228. The Labute approximate surface area is 92.4 Å². The van der Waals surface area contributed by atoms with Crippen molar-refractivity contribution in [2.24, 2.45) is 0 Å². The first-order valence-corrected chi connectivity index (χ1v) is 5.81. The highest BCUT2D eigenvalue weighted by molar-refractivity contribution is 5.81. The molecule has 3 nitrogen and oxygen atoms in total. The van der Waals surface area contributed by atoms with E-state index < -0.39 is 11.1 Å². The number of piperidine rings is 1. The third-order valence-electron chi connectivity index (χ3n) is 3.32. The topological polar surface area (TPSA) is 40.2 Å². The van der Waals surface area contributed by atoms with E-state index in [-0.39, 0.29) is 5.78 Å². The number of unbranched alkanes of at least 4 members (excludes halogenated alkanes) is 1. The Morgan fingerprint density at radius 3 is 2.40 bits per heavy atom. The van der Waals surface area contributed by atoms with Crippen molar-refractivity contribution in [3.05, 3.63) is 0 Å². The van der Waals surface area contributed by atoms with Gasteiger partial charge in [-0.1, -0.05) is 19.8 Å². The van der Waals surface area contributed by atoms with Crippen LogP contribution in [0.2, 0.25) is 0 Å². The SMILES string of the molecule is CCCCC1(C)CC(=O)CC(C)(C)N1[O]. The van der Waals surface area contributed by atoms with Crippen LogP contribution in [0, 0.1) is 0 Å². The Balaban J connectivity index is 2.82. The zero-order valence-corrected chi connectivity index (χ0v) is 10.3. The highest BCUT2D eigenvalue weighted by Crippen LogP contribution is 2.38. The quantitative estimate of drug-likeness (QED) is 0.721. The zero-order chi connectivity index (χ0) is 11.7. The third kappa shape index (κ3) is 2.58. The highest BCUT2D eigenvalue weighted by atomic mass is 16.5. The maximum atomic E-state index is 12.2. The van der Waals surface area contributed by atoms with Gasteiger partial charge < -0.3 is 0 Å². The maximum absolute atomic E-state index is 12.2. The second-order valence-electron chi connectivity index (χ2n) is 5.60. The Morgan fingerprint density at radius 2 is 1.87 bits per heavy atom. The molecule has 1 fully saturated rings. The lowest BCUT2D eigenvalue weighted by atomic mass is 9.78. The number of carbonyl (C=O) groups is 1. The van der Waals surface area contributed by atoms with Crippen LogP contribution in [0.25, 0.3) is 0 Å². The smallest absolute Gasteiger partial charge is 0.136 e. The van der Waals surface area contributed by atoms with Crippen molar-refractivity contribution in [1.29, 1.82) is 0 Å². The Hall–Kier alpha value is -0.410. The van der Waals surface area contributed by atoms with E-state index in [0.29, 0.717) is 12.8 Å². The normalized spacial score (nSPS) is 31.9. The number of nitrogens with zero attached hydrogens (tertiary/aromatic N) is 1. The fraction of sp³-hybridized carbons (Fsp3) is 0.917. The predicted molar refractivity (Wildman–Crippen MR) is 58.8 cm³/mol. The van der Waals surface area contributed by atoms with E-state index in [1.165, 1.54) is 0 Å². The van der Waals surface area contributed by atoms with Crippen LogP contribution < -0.4 is 0 Å². The van der Waals surface area contributed by atoms with Crippen LogP contribution in [0.15, 0.2) is 0 Å². The van der Waals surface area contributed by atoms with Gasteiger partial charge in [0.25, 0.3) is 0 Å². The molecule has 1 heterocycles. The standard InChI is InChI=1S/C12H22NO2/c1-5-6-7-12(4)9-10(14)8-11(2,3)13(12)15/h5-9H2,1-4H3. The van der Waals surface area contributed by atoms with Crippen molar-refractivity contribution >= 4 is 5.78 Å². The molecule has 0 N–H and O–H groups in total. The summed E-state index contributed by atoms with van der Waals surface area (Å²) in [6, 6.07) is 0. The van der Waals surface area contributed by atoms with Crippen molar-refractivity contribution in [2.45, 2.75) is 70.9 Å². The van der Waals surface area contributed by atoms with Gasteiger partial charge in [0.05, 0.1) is 11.1 Å². The molecule has 3 heteroatoms. The number of hydroxylamine groups is 2. The Morgan fingerprint density at radius 1 is 1.27 bits per heavy atom. The van der Waals surface area contributed by atoms with E-state index in [1.54, 1.807) is 0 Å². The number of carbonyl (C=O) groups excluding carboxylic acids is 1. The van der Waals surface area contributed by atoms with Crippen LogP contribution >= 0.6 is 0 Å². The minimum absolute atomic E-state index is 0.228. The average molecular weight is 212 g/mol. The second kappa shape index (κ2) is 4.22. The molecule has 15 heavy (non-hydrogen) atoms. The van der Waals surface area contributed by atoms with Crippen LogP contribution in [-0.4, -0.2) is 21.9 Å². The van der Waals surface area contributed by atoms with E-state index >= 15 is 0 Å². The molecule has 0 aromatic heterocycles. The molecule has 1 aliphatic rings. The molecule has 0 spiro atoms. The zero-order valence-electron chi connectivity index (χ0n) is 10.3. The van der Waals surface area contributed by atoms with Gasteiger partial charge in [-0.05, 0) is 27.2 Å². The molecular formula is C12H22NO2. The third-order valence-corrected chi connectivity index (χ3v) is 3.32. The molecule has 1 saturated heterocycles. The summed E-state index contributed by atoms with van der Waals surface area (Å²) in [5, 5.41) is 13.3. The molecule has 1 radical (unpaired) electrons. The summed E-state index contributed by atoms with van der Waals surface area (Å²) in [4.78, 5) is 11.6. The molecule has 0 aliphatic carbocycles. The number of Topliss-reactive ketones (excluding diaryl/α,β-unsaturated/α-hetero) is 1. The number of hydrogen-bond acceptors (Lipinski definition) is 2. The molecule has 0 aromatic rings. The second-order valence-corrected chi connectivity index (χ2v) is 5.60. The first-order chi connectivity index (χ1) is 6.82. The van der Waals surface area contributed by atoms with Gasteiger partial charge in [0.2, 0.25) is 0 Å². The van der Waals surface area contributed by atoms with Crippen molar-refractivity contribution in [3.63, 3.8) is 0 Å². The molecule has 87 valence electrons. The first kappa shape index (κ1) is 12.7. The van der Waals surface area contributed by atoms with E-state index in [0.717, 1.165) is 24.3 Å². The van der Waals surface area contributed by atoms with Crippen LogP contribution in [0.4, 0.5) is 0 Å².